The molecule has 1 aromatic heterocycles. The normalized spacial score (nSPS) is 29.6. The van der Waals surface area contributed by atoms with Crippen molar-refractivity contribution in [1.29, 1.82) is 0 Å². The van der Waals surface area contributed by atoms with E-state index in [9.17, 15) is 10.1 Å². The molecular formula is C13H18N4O2. The van der Waals surface area contributed by atoms with Crippen LogP contribution in [0.2, 0.25) is 0 Å². The summed E-state index contributed by atoms with van der Waals surface area (Å²) >= 11 is 0. The van der Waals surface area contributed by atoms with Gasteiger partial charge in [-0.1, -0.05) is 0 Å². The molecule has 2 aliphatic rings. The summed E-state index contributed by atoms with van der Waals surface area (Å²) < 4.78 is 0. The molecule has 1 aliphatic carbocycles. The lowest BCUT2D eigenvalue weighted by Gasteiger charge is -2.19. The first-order valence-electron chi connectivity index (χ1n) is 6.68. The van der Waals surface area contributed by atoms with Gasteiger partial charge in [-0.25, -0.2) is 4.98 Å². The van der Waals surface area contributed by atoms with E-state index in [1.165, 1.54) is 12.6 Å². The average Bonchev–Trinajstić information content (AvgIpc) is 2.91. The van der Waals surface area contributed by atoms with Crippen LogP contribution in [-0.4, -0.2) is 29.0 Å². The highest BCUT2D eigenvalue weighted by molar-refractivity contribution is 5.49. The minimum absolute atomic E-state index is 0.0832. The molecule has 102 valence electrons. The second kappa shape index (κ2) is 4.45. The molecular weight excluding hydrogens is 244 g/mol. The highest BCUT2D eigenvalue weighted by atomic mass is 16.6. The van der Waals surface area contributed by atoms with Gasteiger partial charge in [-0.2, -0.15) is 0 Å². The summed E-state index contributed by atoms with van der Waals surface area (Å²) in [6.45, 7) is 3.66. The van der Waals surface area contributed by atoms with Crippen molar-refractivity contribution in [2.24, 2.45) is 17.6 Å². The lowest BCUT2D eigenvalue weighted by Crippen LogP contribution is -2.30. The van der Waals surface area contributed by atoms with Crippen molar-refractivity contribution in [3.05, 3.63) is 27.9 Å². The molecule has 0 radical (unpaired) electrons. The number of rotatable bonds is 2. The molecule has 1 saturated carbocycles. The molecule has 3 atom stereocenters. The minimum atomic E-state index is -0.388. The minimum Gasteiger partial charge on any atom is -0.356 e. The van der Waals surface area contributed by atoms with E-state index in [1.54, 1.807) is 6.92 Å². The van der Waals surface area contributed by atoms with E-state index in [0.29, 0.717) is 23.4 Å². The van der Waals surface area contributed by atoms with E-state index in [-0.39, 0.29) is 10.6 Å². The molecule has 1 saturated heterocycles. The number of nitrogens with two attached hydrogens (primary N) is 1. The monoisotopic (exact) mass is 262 g/mol. The topological polar surface area (TPSA) is 85.3 Å². The Hall–Kier alpha value is -1.69. The van der Waals surface area contributed by atoms with Crippen LogP contribution in [0.25, 0.3) is 0 Å². The lowest BCUT2D eigenvalue weighted by molar-refractivity contribution is -0.385. The number of nitrogens with zero attached hydrogens (tertiary/aromatic N) is 3. The predicted molar refractivity (Wildman–Crippen MR) is 72.0 cm³/mol. The Kier molecular flexibility index (Phi) is 2.89. The standard InChI is InChI=1S/C13H18N4O2/c1-8-4-13(15-5-12(8)17(18)19)16-6-9-2-3-11(14)10(9)7-16/h4-5,9-11H,2-3,6-7,14H2,1H3. The average molecular weight is 262 g/mol. The van der Waals surface area contributed by atoms with Gasteiger partial charge in [-0.05, 0) is 37.7 Å². The second-order valence-corrected chi connectivity index (χ2v) is 5.66. The number of aromatic nitrogens is 1. The third-order valence-corrected chi connectivity index (χ3v) is 4.50. The van der Waals surface area contributed by atoms with Crippen LogP contribution < -0.4 is 10.6 Å². The zero-order valence-electron chi connectivity index (χ0n) is 11.0. The Morgan fingerprint density at radius 2 is 2.26 bits per heavy atom. The van der Waals surface area contributed by atoms with Crippen LogP contribution in [0.4, 0.5) is 11.5 Å². The maximum atomic E-state index is 10.8. The Labute approximate surface area is 111 Å². The van der Waals surface area contributed by atoms with E-state index >= 15 is 0 Å². The molecule has 2 N–H and O–H groups in total. The SMILES string of the molecule is Cc1cc(N2CC3CCC(N)C3C2)ncc1[N+](=O)[O-]. The fourth-order valence-electron chi connectivity index (χ4n) is 3.39. The smallest absolute Gasteiger partial charge is 0.290 e. The quantitative estimate of drug-likeness (QED) is 0.644. The first kappa shape index (κ1) is 12.3. The molecule has 2 fully saturated rings. The third kappa shape index (κ3) is 2.06. The van der Waals surface area contributed by atoms with Gasteiger partial charge in [0.2, 0.25) is 0 Å². The summed E-state index contributed by atoms with van der Waals surface area (Å²) in [7, 11) is 0. The van der Waals surface area contributed by atoms with Crippen molar-refractivity contribution in [1.82, 2.24) is 4.98 Å². The van der Waals surface area contributed by atoms with E-state index in [4.69, 9.17) is 5.73 Å². The fraction of sp³-hybridized carbons (Fsp3) is 0.615. The van der Waals surface area contributed by atoms with Crippen molar-refractivity contribution >= 4 is 11.5 Å². The molecule has 19 heavy (non-hydrogen) atoms. The zero-order valence-corrected chi connectivity index (χ0v) is 11.0. The number of hydrogen-bond acceptors (Lipinski definition) is 5. The molecule has 3 unspecified atom stereocenters. The largest absolute Gasteiger partial charge is 0.356 e. The molecule has 3 rings (SSSR count). The number of fused-ring (bicyclic) bond motifs is 1. The number of nitro groups is 1. The van der Waals surface area contributed by atoms with Gasteiger partial charge >= 0.3 is 0 Å². The Morgan fingerprint density at radius 1 is 1.47 bits per heavy atom. The van der Waals surface area contributed by atoms with Crippen LogP contribution in [0.15, 0.2) is 12.3 Å². The van der Waals surface area contributed by atoms with Gasteiger partial charge in [0.05, 0.1) is 4.92 Å². The summed E-state index contributed by atoms with van der Waals surface area (Å²) in [6.07, 6.45) is 3.67. The van der Waals surface area contributed by atoms with Crippen molar-refractivity contribution < 1.29 is 4.92 Å². The number of anilines is 1. The van der Waals surface area contributed by atoms with Gasteiger partial charge in [-0.3, -0.25) is 10.1 Å². The maximum absolute atomic E-state index is 10.8. The fourth-order valence-corrected chi connectivity index (χ4v) is 3.39. The van der Waals surface area contributed by atoms with Gasteiger partial charge in [0.25, 0.3) is 5.69 Å². The van der Waals surface area contributed by atoms with Gasteiger partial charge in [0.15, 0.2) is 0 Å². The highest BCUT2D eigenvalue weighted by Crippen LogP contribution is 2.38. The Morgan fingerprint density at radius 3 is 2.89 bits per heavy atom. The van der Waals surface area contributed by atoms with Crippen LogP contribution in [-0.2, 0) is 0 Å². The first-order valence-corrected chi connectivity index (χ1v) is 6.68. The van der Waals surface area contributed by atoms with Crippen LogP contribution in [0.3, 0.4) is 0 Å². The van der Waals surface area contributed by atoms with Crippen LogP contribution in [0.5, 0.6) is 0 Å². The van der Waals surface area contributed by atoms with Crippen molar-refractivity contribution in [3.63, 3.8) is 0 Å². The van der Waals surface area contributed by atoms with Gasteiger partial charge in [0, 0.05) is 24.7 Å². The second-order valence-electron chi connectivity index (χ2n) is 5.66. The Balaban J connectivity index is 1.81. The van der Waals surface area contributed by atoms with E-state index in [2.05, 4.69) is 9.88 Å². The molecule has 0 spiro atoms. The van der Waals surface area contributed by atoms with Gasteiger partial charge in [0.1, 0.15) is 12.0 Å². The summed E-state index contributed by atoms with van der Waals surface area (Å²) in [5.74, 6) is 2.05. The number of hydrogen-bond donors (Lipinski definition) is 1. The van der Waals surface area contributed by atoms with Crippen molar-refractivity contribution in [2.45, 2.75) is 25.8 Å². The molecule has 0 amide bonds. The molecule has 6 nitrogen and oxygen atoms in total. The molecule has 0 aromatic carbocycles. The summed E-state index contributed by atoms with van der Waals surface area (Å²) in [4.78, 5) is 16.9. The third-order valence-electron chi connectivity index (χ3n) is 4.50. The van der Waals surface area contributed by atoms with Gasteiger partial charge < -0.3 is 10.6 Å². The zero-order chi connectivity index (χ0) is 13.6. The van der Waals surface area contributed by atoms with E-state index < -0.39 is 0 Å². The van der Waals surface area contributed by atoms with Crippen LogP contribution in [0, 0.1) is 28.9 Å². The van der Waals surface area contributed by atoms with E-state index in [1.807, 2.05) is 6.07 Å². The number of pyridine rings is 1. The van der Waals surface area contributed by atoms with E-state index in [0.717, 1.165) is 25.3 Å². The summed E-state index contributed by atoms with van der Waals surface area (Å²) in [5, 5.41) is 10.8. The highest BCUT2D eigenvalue weighted by Gasteiger charge is 2.41. The molecule has 0 bridgehead atoms. The predicted octanol–water partition coefficient (Wildman–Crippen LogP) is 1.47. The molecule has 6 heteroatoms. The van der Waals surface area contributed by atoms with Crippen LogP contribution in [0.1, 0.15) is 18.4 Å². The summed E-state index contributed by atoms with van der Waals surface area (Å²) in [5.41, 5.74) is 6.86. The van der Waals surface area contributed by atoms with Crippen LogP contribution >= 0.6 is 0 Å². The molecule has 1 aliphatic heterocycles. The summed E-state index contributed by atoms with van der Waals surface area (Å²) in [6, 6.07) is 2.11. The Bertz CT molecular complexity index is 519. The van der Waals surface area contributed by atoms with Crippen molar-refractivity contribution in [3.8, 4) is 0 Å². The molecule has 1 aromatic rings. The molecule has 2 heterocycles. The lowest BCUT2D eigenvalue weighted by atomic mass is 9.98. The van der Waals surface area contributed by atoms with Crippen molar-refractivity contribution in [2.75, 3.05) is 18.0 Å². The first-order chi connectivity index (χ1) is 9.06. The number of aryl methyl sites for hydroxylation is 1. The van der Waals surface area contributed by atoms with Gasteiger partial charge in [-0.15, -0.1) is 0 Å². The maximum Gasteiger partial charge on any atom is 0.290 e.